The molecule has 0 fully saturated rings. The molecule has 1 heterocycles. The van der Waals surface area contributed by atoms with Gasteiger partial charge < -0.3 is 4.74 Å². The Morgan fingerprint density at radius 3 is 2.27 bits per heavy atom. The van der Waals surface area contributed by atoms with Gasteiger partial charge in [-0.25, -0.2) is 0 Å². The maximum absolute atomic E-state index is 11.7. The number of carbonyl (C=O) groups is 1. The normalized spacial score (nSPS) is 10.7. The van der Waals surface area contributed by atoms with E-state index in [-0.39, 0.29) is 11.7 Å². The molecule has 26 heavy (non-hydrogen) atoms. The fourth-order valence-electron chi connectivity index (χ4n) is 2.30. The fraction of sp³-hybridized carbons (Fsp3) is 0.167. The molecule has 0 N–H and O–H groups in total. The minimum Gasteiger partial charge on any atom is -0.465 e. The summed E-state index contributed by atoms with van der Waals surface area (Å²) in [6, 6.07) is 14.7. The minimum atomic E-state index is -0.295. The van der Waals surface area contributed by atoms with Crippen LogP contribution in [-0.4, -0.2) is 33.1 Å². The van der Waals surface area contributed by atoms with E-state index in [9.17, 15) is 4.79 Å². The lowest BCUT2D eigenvalue weighted by Gasteiger charge is -2.10. The minimum absolute atomic E-state index is 0.153. The van der Waals surface area contributed by atoms with E-state index in [2.05, 4.69) is 10.2 Å². The van der Waals surface area contributed by atoms with Crippen LogP contribution in [0, 0.1) is 0 Å². The molecule has 5 nitrogen and oxygen atoms in total. The van der Waals surface area contributed by atoms with Crippen LogP contribution < -0.4 is 0 Å². The summed E-state index contributed by atoms with van der Waals surface area (Å²) in [5.41, 5.74) is 1.70. The van der Waals surface area contributed by atoms with Gasteiger partial charge in [0.1, 0.15) is 0 Å². The summed E-state index contributed by atoms with van der Waals surface area (Å²) in [4.78, 5) is 11.7. The second-order valence-corrected chi connectivity index (χ2v) is 7.03. The topological polar surface area (TPSA) is 57.0 Å². The highest BCUT2D eigenvalue weighted by atomic mass is 35.5. The van der Waals surface area contributed by atoms with Crippen LogP contribution in [0.15, 0.2) is 53.7 Å². The molecular weight excluding hydrogens is 393 g/mol. The molecule has 1 aromatic heterocycles. The lowest BCUT2D eigenvalue weighted by atomic mass is 10.2. The van der Waals surface area contributed by atoms with Crippen LogP contribution in [-0.2, 0) is 9.53 Å². The molecule has 0 aliphatic carbocycles. The number of esters is 1. The maximum atomic E-state index is 11.7. The molecule has 0 aliphatic heterocycles. The van der Waals surface area contributed by atoms with Gasteiger partial charge in [-0.1, -0.05) is 35.0 Å². The number of carbonyl (C=O) groups excluding carboxylic acids is 1. The van der Waals surface area contributed by atoms with E-state index in [0.717, 1.165) is 11.3 Å². The Bertz CT molecular complexity index is 896. The third-order valence-corrected chi connectivity index (χ3v) is 4.85. The van der Waals surface area contributed by atoms with Gasteiger partial charge in [-0.2, -0.15) is 0 Å². The molecule has 0 unspecified atom stereocenters. The van der Waals surface area contributed by atoms with Gasteiger partial charge in [0.05, 0.1) is 12.4 Å². The van der Waals surface area contributed by atoms with Crippen LogP contribution in [0.1, 0.15) is 6.92 Å². The van der Waals surface area contributed by atoms with Gasteiger partial charge in [0.25, 0.3) is 0 Å². The summed E-state index contributed by atoms with van der Waals surface area (Å²) in [5, 5.41) is 10.4. The van der Waals surface area contributed by atoms with Crippen molar-refractivity contribution in [3.05, 3.63) is 58.6 Å². The Hall–Kier alpha value is -2.02. The van der Waals surface area contributed by atoms with E-state index in [1.165, 1.54) is 11.8 Å². The summed E-state index contributed by atoms with van der Waals surface area (Å²) < 4.78 is 6.86. The molecule has 3 aromatic rings. The quantitative estimate of drug-likeness (QED) is 0.429. The molecule has 0 aliphatic rings. The largest absolute Gasteiger partial charge is 0.465 e. The van der Waals surface area contributed by atoms with Crippen molar-refractivity contribution < 1.29 is 9.53 Å². The Kier molecular flexibility index (Phi) is 6.19. The third-order valence-electron chi connectivity index (χ3n) is 3.45. The van der Waals surface area contributed by atoms with E-state index in [1.54, 1.807) is 31.2 Å². The number of rotatable bonds is 6. The monoisotopic (exact) mass is 407 g/mol. The average Bonchev–Trinajstić information content (AvgIpc) is 3.05. The third kappa shape index (κ3) is 4.38. The van der Waals surface area contributed by atoms with Crippen LogP contribution in [0.25, 0.3) is 17.1 Å². The van der Waals surface area contributed by atoms with Crippen molar-refractivity contribution in [2.75, 3.05) is 12.4 Å². The number of ether oxygens (including phenoxy) is 1. The first-order valence-corrected chi connectivity index (χ1v) is 9.58. The van der Waals surface area contributed by atoms with Gasteiger partial charge in [-0.05, 0) is 55.5 Å². The van der Waals surface area contributed by atoms with Crippen LogP contribution in [0.3, 0.4) is 0 Å². The molecule has 8 heteroatoms. The van der Waals surface area contributed by atoms with Gasteiger partial charge in [-0.15, -0.1) is 10.2 Å². The van der Waals surface area contributed by atoms with E-state index in [1.807, 2.05) is 28.8 Å². The lowest BCUT2D eigenvalue weighted by molar-refractivity contribution is -0.139. The Morgan fingerprint density at radius 1 is 1.04 bits per heavy atom. The molecule has 0 radical (unpaired) electrons. The molecule has 0 amide bonds. The zero-order chi connectivity index (χ0) is 18.5. The first-order chi connectivity index (χ1) is 12.6. The zero-order valence-corrected chi connectivity index (χ0v) is 16.2. The second kappa shape index (κ2) is 8.58. The number of thioether (sulfide) groups is 1. The zero-order valence-electron chi connectivity index (χ0n) is 13.9. The van der Waals surface area contributed by atoms with Gasteiger partial charge in [0.15, 0.2) is 11.0 Å². The first kappa shape index (κ1) is 18.8. The highest BCUT2D eigenvalue weighted by Gasteiger charge is 2.17. The lowest BCUT2D eigenvalue weighted by Crippen LogP contribution is -2.08. The number of aromatic nitrogens is 3. The van der Waals surface area contributed by atoms with Crippen LogP contribution in [0.4, 0.5) is 0 Å². The van der Waals surface area contributed by atoms with E-state index >= 15 is 0 Å². The van der Waals surface area contributed by atoms with Crippen molar-refractivity contribution in [1.29, 1.82) is 0 Å². The Balaban J connectivity index is 2.00. The smallest absolute Gasteiger partial charge is 0.316 e. The van der Waals surface area contributed by atoms with Crippen molar-refractivity contribution in [1.82, 2.24) is 14.8 Å². The molecule has 2 aromatic carbocycles. The number of benzene rings is 2. The first-order valence-electron chi connectivity index (χ1n) is 7.84. The highest BCUT2D eigenvalue weighted by molar-refractivity contribution is 7.99. The van der Waals surface area contributed by atoms with E-state index < -0.39 is 0 Å². The fourth-order valence-corrected chi connectivity index (χ4v) is 3.30. The van der Waals surface area contributed by atoms with Crippen molar-refractivity contribution in [3.8, 4) is 17.1 Å². The van der Waals surface area contributed by atoms with Crippen LogP contribution >= 0.6 is 35.0 Å². The molecule has 0 spiro atoms. The van der Waals surface area contributed by atoms with Crippen molar-refractivity contribution in [3.63, 3.8) is 0 Å². The molecule has 0 atom stereocenters. The van der Waals surface area contributed by atoms with Crippen molar-refractivity contribution >= 4 is 40.9 Å². The average molecular weight is 408 g/mol. The Morgan fingerprint density at radius 2 is 1.65 bits per heavy atom. The molecule has 0 saturated carbocycles. The molecule has 0 bridgehead atoms. The summed E-state index contributed by atoms with van der Waals surface area (Å²) in [6.07, 6.45) is 0. The predicted octanol–water partition coefficient (Wildman–Crippen LogP) is 4.90. The van der Waals surface area contributed by atoms with Crippen molar-refractivity contribution in [2.24, 2.45) is 0 Å². The maximum Gasteiger partial charge on any atom is 0.316 e. The molecule has 0 saturated heterocycles. The SMILES string of the molecule is CCOC(=O)CSc1nnc(-c2ccc(Cl)cc2)n1-c1ccc(Cl)cc1. The Labute approximate surface area is 165 Å². The molecule has 3 rings (SSSR count). The predicted molar refractivity (Wildman–Crippen MR) is 104 cm³/mol. The number of halogens is 2. The summed E-state index contributed by atoms with van der Waals surface area (Å²) >= 11 is 13.3. The van der Waals surface area contributed by atoms with Gasteiger partial charge >= 0.3 is 5.97 Å². The van der Waals surface area contributed by atoms with E-state index in [0.29, 0.717) is 27.6 Å². The van der Waals surface area contributed by atoms with Gasteiger partial charge in [0.2, 0.25) is 0 Å². The summed E-state index contributed by atoms with van der Waals surface area (Å²) in [6.45, 7) is 2.12. The van der Waals surface area contributed by atoms with Gasteiger partial charge in [-0.3, -0.25) is 9.36 Å². The number of hydrogen-bond donors (Lipinski definition) is 0. The summed E-state index contributed by atoms with van der Waals surface area (Å²) in [5.74, 6) is 0.506. The van der Waals surface area contributed by atoms with Crippen LogP contribution in [0.5, 0.6) is 0 Å². The number of hydrogen-bond acceptors (Lipinski definition) is 5. The standard InChI is InChI=1S/C18H15Cl2N3O2S/c1-2-25-16(24)11-26-18-22-21-17(12-3-5-13(19)6-4-12)23(18)15-9-7-14(20)8-10-15/h3-10H,2,11H2,1H3. The number of nitrogens with zero attached hydrogens (tertiary/aromatic N) is 3. The summed E-state index contributed by atoms with van der Waals surface area (Å²) in [7, 11) is 0. The molecular formula is C18H15Cl2N3O2S. The molecule has 134 valence electrons. The highest BCUT2D eigenvalue weighted by Crippen LogP contribution is 2.29. The van der Waals surface area contributed by atoms with Crippen LogP contribution in [0.2, 0.25) is 10.0 Å². The van der Waals surface area contributed by atoms with Gasteiger partial charge in [0, 0.05) is 21.3 Å². The van der Waals surface area contributed by atoms with Crippen molar-refractivity contribution in [2.45, 2.75) is 12.1 Å². The second-order valence-electron chi connectivity index (χ2n) is 5.22. The van der Waals surface area contributed by atoms with E-state index in [4.69, 9.17) is 27.9 Å².